The predicted molar refractivity (Wildman–Crippen MR) is 64.8 cm³/mol. The lowest BCUT2D eigenvalue weighted by atomic mass is 9.62. The molecule has 0 spiro atoms. The van der Waals surface area contributed by atoms with Gasteiger partial charge in [-0.05, 0) is 25.2 Å². The monoisotopic (exact) mass is 252 g/mol. The number of fused-ring (bicyclic) bond motifs is 1. The molecule has 2 saturated carbocycles. The van der Waals surface area contributed by atoms with Gasteiger partial charge in [0.1, 0.15) is 11.6 Å². The van der Waals surface area contributed by atoms with Crippen LogP contribution in [-0.4, -0.2) is 24.6 Å². The molecule has 0 aromatic rings. The number of Topliss-reactive ketones (excluding diaryl/α,β-unsaturated/α-hetero) is 2. The van der Waals surface area contributed by atoms with Crippen LogP contribution in [0.5, 0.6) is 0 Å². The molecule has 0 amide bonds. The van der Waals surface area contributed by atoms with E-state index in [0.717, 1.165) is 6.42 Å². The SMILES string of the molecule is COC(=O)CC[C@@H]1C(=O)CC[C@]2(C)C(=O)CC[C@@H]12. The number of ether oxygens (including phenoxy) is 1. The first kappa shape index (κ1) is 13.2. The van der Waals surface area contributed by atoms with Crippen LogP contribution >= 0.6 is 0 Å². The average molecular weight is 252 g/mol. The zero-order valence-corrected chi connectivity index (χ0v) is 11.0. The van der Waals surface area contributed by atoms with Crippen LogP contribution in [0.25, 0.3) is 0 Å². The number of carbonyl (C=O) groups excluding carboxylic acids is 3. The number of esters is 1. The summed E-state index contributed by atoms with van der Waals surface area (Å²) in [7, 11) is 1.36. The fourth-order valence-electron chi connectivity index (χ4n) is 3.60. The summed E-state index contributed by atoms with van der Waals surface area (Å²) in [5.74, 6) is 0.240. The Balaban J connectivity index is 2.10. The van der Waals surface area contributed by atoms with Gasteiger partial charge in [-0.2, -0.15) is 0 Å². The number of hydrogen-bond acceptors (Lipinski definition) is 4. The molecule has 4 nitrogen and oxygen atoms in total. The van der Waals surface area contributed by atoms with Gasteiger partial charge < -0.3 is 4.74 Å². The van der Waals surface area contributed by atoms with Crippen molar-refractivity contribution in [2.45, 2.75) is 45.4 Å². The van der Waals surface area contributed by atoms with Gasteiger partial charge in [-0.15, -0.1) is 0 Å². The van der Waals surface area contributed by atoms with Crippen molar-refractivity contribution in [1.29, 1.82) is 0 Å². The van der Waals surface area contributed by atoms with E-state index in [1.54, 1.807) is 0 Å². The zero-order valence-electron chi connectivity index (χ0n) is 11.0. The van der Waals surface area contributed by atoms with Crippen molar-refractivity contribution in [3.8, 4) is 0 Å². The first-order valence-corrected chi connectivity index (χ1v) is 6.62. The highest BCUT2D eigenvalue weighted by molar-refractivity contribution is 5.92. The molecular weight excluding hydrogens is 232 g/mol. The number of carbonyl (C=O) groups is 3. The maximum absolute atomic E-state index is 12.0. The molecule has 0 bridgehead atoms. The third kappa shape index (κ3) is 2.08. The smallest absolute Gasteiger partial charge is 0.305 e. The van der Waals surface area contributed by atoms with Gasteiger partial charge >= 0.3 is 5.97 Å². The van der Waals surface area contributed by atoms with Gasteiger partial charge in [-0.3, -0.25) is 14.4 Å². The molecule has 3 atom stereocenters. The molecule has 4 heteroatoms. The minimum Gasteiger partial charge on any atom is -0.469 e. The Morgan fingerprint density at radius 3 is 2.78 bits per heavy atom. The highest BCUT2D eigenvalue weighted by atomic mass is 16.5. The van der Waals surface area contributed by atoms with E-state index in [2.05, 4.69) is 4.74 Å². The molecule has 0 aromatic carbocycles. The molecule has 0 unspecified atom stereocenters. The van der Waals surface area contributed by atoms with Crippen LogP contribution in [0.15, 0.2) is 0 Å². The van der Waals surface area contributed by atoms with Crippen LogP contribution in [0.3, 0.4) is 0 Å². The fourth-order valence-corrected chi connectivity index (χ4v) is 3.60. The van der Waals surface area contributed by atoms with Crippen LogP contribution in [0.1, 0.15) is 45.4 Å². The second kappa shape index (κ2) is 4.82. The molecule has 2 aliphatic rings. The lowest BCUT2D eigenvalue weighted by molar-refractivity contribution is -0.142. The summed E-state index contributed by atoms with van der Waals surface area (Å²) in [5.41, 5.74) is -0.325. The van der Waals surface area contributed by atoms with Crippen LogP contribution in [0.2, 0.25) is 0 Å². The predicted octanol–water partition coefficient (Wildman–Crippen LogP) is 1.90. The summed E-state index contributed by atoms with van der Waals surface area (Å²) in [6.07, 6.45) is 3.34. The van der Waals surface area contributed by atoms with E-state index < -0.39 is 0 Å². The Morgan fingerprint density at radius 1 is 1.39 bits per heavy atom. The molecule has 0 radical (unpaired) electrons. The lowest BCUT2D eigenvalue weighted by Crippen LogP contribution is -2.42. The third-order valence-corrected chi connectivity index (χ3v) is 4.81. The molecule has 2 fully saturated rings. The number of ketones is 2. The first-order chi connectivity index (χ1) is 8.49. The van der Waals surface area contributed by atoms with E-state index in [4.69, 9.17) is 0 Å². The minimum atomic E-state index is -0.325. The van der Waals surface area contributed by atoms with E-state index in [1.165, 1.54) is 7.11 Å². The number of rotatable bonds is 3. The third-order valence-electron chi connectivity index (χ3n) is 4.81. The topological polar surface area (TPSA) is 60.4 Å². The lowest BCUT2D eigenvalue weighted by Gasteiger charge is -2.39. The van der Waals surface area contributed by atoms with Crippen LogP contribution < -0.4 is 0 Å². The fraction of sp³-hybridized carbons (Fsp3) is 0.786. The Hall–Kier alpha value is -1.19. The molecule has 0 saturated heterocycles. The summed E-state index contributed by atoms with van der Waals surface area (Å²) >= 11 is 0. The maximum Gasteiger partial charge on any atom is 0.305 e. The van der Waals surface area contributed by atoms with Crippen molar-refractivity contribution in [2.24, 2.45) is 17.3 Å². The largest absolute Gasteiger partial charge is 0.469 e. The molecule has 2 aliphatic carbocycles. The van der Waals surface area contributed by atoms with Crippen LogP contribution in [-0.2, 0) is 19.1 Å². The molecule has 2 rings (SSSR count). The van der Waals surface area contributed by atoms with Crippen molar-refractivity contribution in [1.82, 2.24) is 0 Å². The van der Waals surface area contributed by atoms with Crippen molar-refractivity contribution in [2.75, 3.05) is 7.11 Å². The Labute approximate surface area is 107 Å². The summed E-state index contributed by atoms with van der Waals surface area (Å²) in [6.45, 7) is 1.99. The molecule has 0 aliphatic heterocycles. The second-order valence-electron chi connectivity index (χ2n) is 5.67. The van der Waals surface area contributed by atoms with Crippen molar-refractivity contribution < 1.29 is 19.1 Å². The molecule has 100 valence electrons. The second-order valence-corrected chi connectivity index (χ2v) is 5.67. The first-order valence-electron chi connectivity index (χ1n) is 6.62. The van der Waals surface area contributed by atoms with Gasteiger partial charge in [-0.1, -0.05) is 6.92 Å². The minimum absolute atomic E-state index is 0.130. The Bertz CT molecular complexity index is 387. The van der Waals surface area contributed by atoms with E-state index in [0.29, 0.717) is 31.5 Å². The molecule has 18 heavy (non-hydrogen) atoms. The van der Waals surface area contributed by atoms with Crippen molar-refractivity contribution in [3.05, 3.63) is 0 Å². The standard InChI is InChI=1S/C14H20O4/c1-14-8-7-11(15)9(3-6-13(17)18-2)10(14)4-5-12(14)16/h9-10H,3-8H2,1-2H3/t9-,10-,14-/m0/s1. The van der Waals surface area contributed by atoms with Crippen molar-refractivity contribution >= 4 is 17.5 Å². The van der Waals surface area contributed by atoms with E-state index >= 15 is 0 Å². The van der Waals surface area contributed by atoms with Gasteiger partial charge in [0.05, 0.1) is 7.11 Å². The highest BCUT2D eigenvalue weighted by Crippen LogP contribution is 2.52. The normalized spacial score (nSPS) is 35.4. The van der Waals surface area contributed by atoms with Crippen LogP contribution in [0.4, 0.5) is 0 Å². The summed E-state index contributed by atoms with van der Waals surface area (Å²) in [5, 5.41) is 0. The zero-order chi connectivity index (χ0) is 13.3. The van der Waals surface area contributed by atoms with Gasteiger partial charge in [0, 0.05) is 30.6 Å². The maximum atomic E-state index is 12.0. The van der Waals surface area contributed by atoms with Crippen molar-refractivity contribution in [3.63, 3.8) is 0 Å². The number of methoxy groups -OCH3 is 1. The summed E-state index contributed by atoms with van der Waals surface area (Å²) in [4.78, 5) is 35.2. The van der Waals surface area contributed by atoms with E-state index in [-0.39, 0.29) is 35.4 Å². The number of hydrogen-bond donors (Lipinski definition) is 0. The Morgan fingerprint density at radius 2 is 2.11 bits per heavy atom. The molecule has 0 aromatic heterocycles. The van der Waals surface area contributed by atoms with Gasteiger partial charge in [0.15, 0.2) is 0 Å². The van der Waals surface area contributed by atoms with Gasteiger partial charge in [0.2, 0.25) is 0 Å². The molecular formula is C14H20O4. The molecule has 0 N–H and O–H groups in total. The highest BCUT2D eigenvalue weighted by Gasteiger charge is 2.53. The summed E-state index contributed by atoms with van der Waals surface area (Å²) < 4.78 is 4.62. The van der Waals surface area contributed by atoms with Gasteiger partial charge in [0.25, 0.3) is 0 Å². The average Bonchev–Trinajstić information content (AvgIpc) is 2.65. The Kier molecular flexibility index (Phi) is 3.55. The quantitative estimate of drug-likeness (QED) is 0.720. The van der Waals surface area contributed by atoms with E-state index in [9.17, 15) is 14.4 Å². The van der Waals surface area contributed by atoms with Crippen LogP contribution in [0, 0.1) is 17.3 Å². The van der Waals surface area contributed by atoms with Gasteiger partial charge in [-0.25, -0.2) is 0 Å². The summed E-state index contributed by atoms with van der Waals surface area (Å²) in [6, 6.07) is 0. The molecule has 0 heterocycles. The van der Waals surface area contributed by atoms with E-state index in [1.807, 2.05) is 6.92 Å².